The molecule has 0 aliphatic heterocycles. The molecule has 0 saturated carbocycles. The van der Waals surface area contributed by atoms with Gasteiger partial charge in [0.15, 0.2) is 0 Å². The zero-order chi connectivity index (χ0) is 22.5. The summed E-state index contributed by atoms with van der Waals surface area (Å²) < 4.78 is 77.5. The van der Waals surface area contributed by atoms with Crippen molar-refractivity contribution in [2.24, 2.45) is 0 Å². The summed E-state index contributed by atoms with van der Waals surface area (Å²) in [5, 5.41) is 11.2. The van der Waals surface area contributed by atoms with Crippen LogP contribution in [0.25, 0.3) is 6.08 Å². The number of hydrogen-bond acceptors (Lipinski definition) is 2. The average molecular weight is 431 g/mol. The minimum absolute atomic E-state index is 0.117. The van der Waals surface area contributed by atoms with Crippen LogP contribution in [0.5, 0.6) is 0 Å². The van der Waals surface area contributed by atoms with E-state index in [-0.39, 0.29) is 24.6 Å². The van der Waals surface area contributed by atoms with E-state index in [1.807, 2.05) is 5.32 Å². The Balaban J connectivity index is 2.24. The van der Waals surface area contributed by atoms with Crippen LogP contribution in [-0.2, 0) is 17.1 Å². The van der Waals surface area contributed by atoms with Gasteiger partial charge in [-0.2, -0.15) is 26.3 Å². The highest BCUT2D eigenvalue weighted by atomic mass is 19.4. The second kappa shape index (κ2) is 9.02. The molecular formula is C20H15F6NO3. The van der Waals surface area contributed by atoms with E-state index < -0.39 is 47.0 Å². The Morgan fingerprint density at radius 1 is 0.933 bits per heavy atom. The van der Waals surface area contributed by atoms with E-state index in [9.17, 15) is 41.0 Å². The summed E-state index contributed by atoms with van der Waals surface area (Å²) in [4.78, 5) is 23.6. The quantitative estimate of drug-likeness (QED) is 0.632. The molecule has 0 spiro atoms. The van der Waals surface area contributed by atoms with E-state index in [2.05, 4.69) is 0 Å². The monoisotopic (exact) mass is 431 g/mol. The molecule has 2 rings (SSSR count). The van der Waals surface area contributed by atoms with Crippen LogP contribution in [0.1, 0.15) is 33.5 Å². The maximum Gasteiger partial charge on any atom is 0.416 e. The summed E-state index contributed by atoms with van der Waals surface area (Å²) in [6, 6.07) is 7.51. The van der Waals surface area contributed by atoms with Crippen LogP contribution in [0.4, 0.5) is 26.3 Å². The number of carboxylic acid groups (broad SMARTS) is 1. The van der Waals surface area contributed by atoms with Crippen molar-refractivity contribution in [3.63, 3.8) is 0 Å². The van der Waals surface area contributed by atoms with Gasteiger partial charge >= 0.3 is 18.3 Å². The number of benzene rings is 2. The molecule has 0 aliphatic rings. The molecule has 2 aromatic rings. The first-order valence-electron chi connectivity index (χ1n) is 8.42. The van der Waals surface area contributed by atoms with E-state index in [0.29, 0.717) is 0 Å². The van der Waals surface area contributed by atoms with Crippen molar-refractivity contribution < 1.29 is 41.0 Å². The third-order valence-corrected chi connectivity index (χ3v) is 3.93. The maximum absolute atomic E-state index is 12.9. The summed E-state index contributed by atoms with van der Waals surface area (Å²) in [5.41, 5.74) is -3.55. The zero-order valence-corrected chi connectivity index (χ0v) is 15.1. The molecule has 30 heavy (non-hydrogen) atoms. The molecule has 0 radical (unpaired) electrons. The maximum atomic E-state index is 12.9. The number of nitrogens with one attached hydrogen (secondary N) is 1. The second-order valence-electron chi connectivity index (χ2n) is 6.21. The van der Waals surface area contributed by atoms with Gasteiger partial charge in [0.05, 0.1) is 11.1 Å². The predicted octanol–water partition coefficient (Wildman–Crippen LogP) is 5.01. The van der Waals surface area contributed by atoms with Crippen LogP contribution in [0.15, 0.2) is 54.6 Å². The minimum Gasteiger partial charge on any atom is -0.480 e. The Morgan fingerprint density at radius 2 is 1.47 bits per heavy atom. The van der Waals surface area contributed by atoms with E-state index in [0.717, 1.165) is 5.56 Å². The lowest BCUT2D eigenvalue weighted by molar-refractivity contribution is -0.143. The largest absolute Gasteiger partial charge is 0.480 e. The smallest absolute Gasteiger partial charge is 0.416 e. The van der Waals surface area contributed by atoms with E-state index >= 15 is 0 Å². The summed E-state index contributed by atoms with van der Waals surface area (Å²) in [6.07, 6.45) is -7.50. The van der Waals surface area contributed by atoms with Crippen LogP contribution in [0.2, 0.25) is 0 Å². The Kier molecular flexibility index (Phi) is 6.91. The van der Waals surface area contributed by atoms with Gasteiger partial charge in [-0.1, -0.05) is 42.5 Å². The highest BCUT2D eigenvalue weighted by molar-refractivity contribution is 5.97. The van der Waals surface area contributed by atoms with Crippen LogP contribution in [0, 0.1) is 0 Å². The van der Waals surface area contributed by atoms with Crippen molar-refractivity contribution in [1.29, 1.82) is 0 Å². The Morgan fingerprint density at radius 3 is 1.93 bits per heavy atom. The van der Waals surface area contributed by atoms with E-state index in [1.165, 1.54) is 6.08 Å². The Bertz CT molecular complexity index is 904. The van der Waals surface area contributed by atoms with E-state index in [1.54, 1.807) is 36.4 Å². The van der Waals surface area contributed by atoms with Crippen molar-refractivity contribution in [3.8, 4) is 0 Å². The number of rotatable bonds is 6. The van der Waals surface area contributed by atoms with Gasteiger partial charge in [-0.05, 0) is 30.2 Å². The molecular weight excluding hydrogens is 416 g/mol. The third-order valence-electron chi connectivity index (χ3n) is 3.93. The molecule has 1 amide bonds. The van der Waals surface area contributed by atoms with Crippen LogP contribution >= 0.6 is 0 Å². The van der Waals surface area contributed by atoms with Gasteiger partial charge in [0, 0.05) is 5.56 Å². The second-order valence-corrected chi connectivity index (χ2v) is 6.21. The molecule has 0 aliphatic carbocycles. The molecule has 0 unspecified atom stereocenters. The Labute approximate surface area is 166 Å². The molecule has 2 aromatic carbocycles. The molecule has 0 bridgehead atoms. The van der Waals surface area contributed by atoms with Crippen LogP contribution < -0.4 is 5.32 Å². The van der Waals surface area contributed by atoms with Crippen molar-refractivity contribution in [2.75, 3.05) is 0 Å². The standard InChI is InChI=1S/C20H15F6NO3/c21-19(22,23)14-9-13(10-15(11-14)20(24,25)26)17(28)27-16(18(29)30)8-4-7-12-5-2-1-3-6-12/h1-7,9-11,16H,8H2,(H,27,28)(H,29,30)/b7-4+/t16-/m1/s1. The topological polar surface area (TPSA) is 66.4 Å². The molecule has 2 N–H and O–H groups in total. The Hall–Kier alpha value is -3.30. The van der Waals surface area contributed by atoms with Crippen molar-refractivity contribution in [2.45, 2.75) is 24.8 Å². The highest BCUT2D eigenvalue weighted by Crippen LogP contribution is 2.36. The molecule has 4 nitrogen and oxygen atoms in total. The van der Waals surface area contributed by atoms with Crippen LogP contribution in [0.3, 0.4) is 0 Å². The number of hydrogen-bond donors (Lipinski definition) is 2. The lowest BCUT2D eigenvalue weighted by Gasteiger charge is -2.16. The molecule has 0 aromatic heterocycles. The molecule has 0 heterocycles. The fraction of sp³-hybridized carbons (Fsp3) is 0.200. The van der Waals surface area contributed by atoms with E-state index in [4.69, 9.17) is 0 Å². The molecule has 160 valence electrons. The fourth-order valence-corrected chi connectivity index (χ4v) is 2.45. The summed E-state index contributed by atoms with van der Waals surface area (Å²) in [5.74, 6) is -2.86. The van der Waals surface area contributed by atoms with Gasteiger partial charge in [0.1, 0.15) is 6.04 Å². The number of aliphatic carboxylic acids is 1. The first kappa shape index (κ1) is 23.0. The number of carbonyl (C=O) groups is 2. The number of carboxylic acids is 1. The predicted molar refractivity (Wildman–Crippen MR) is 95.4 cm³/mol. The van der Waals surface area contributed by atoms with Crippen LogP contribution in [-0.4, -0.2) is 23.0 Å². The average Bonchev–Trinajstić information content (AvgIpc) is 2.66. The first-order valence-corrected chi connectivity index (χ1v) is 8.42. The van der Waals surface area contributed by atoms with Crippen molar-refractivity contribution in [1.82, 2.24) is 5.32 Å². The normalized spacial score (nSPS) is 13.3. The lowest BCUT2D eigenvalue weighted by Crippen LogP contribution is -2.40. The number of halogens is 6. The molecule has 0 fully saturated rings. The molecule has 1 atom stereocenters. The molecule has 0 saturated heterocycles. The van der Waals surface area contributed by atoms with Gasteiger partial charge < -0.3 is 10.4 Å². The molecule has 10 heteroatoms. The van der Waals surface area contributed by atoms with Gasteiger partial charge in [-0.15, -0.1) is 0 Å². The third kappa shape index (κ3) is 6.36. The summed E-state index contributed by atoms with van der Waals surface area (Å²) in [7, 11) is 0. The number of carbonyl (C=O) groups excluding carboxylic acids is 1. The number of alkyl halides is 6. The summed E-state index contributed by atoms with van der Waals surface area (Å²) in [6.45, 7) is 0. The van der Waals surface area contributed by atoms with Gasteiger partial charge in [-0.25, -0.2) is 4.79 Å². The van der Waals surface area contributed by atoms with Crippen molar-refractivity contribution >= 4 is 18.0 Å². The first-order chi connectivity index (χ1) is 13.9. The zero-order valence-electron chi connectivity index (χ0n) is 15.1. The van der Waals surface area contributed by atoms with Gasteiger partial charge in [0.25, 0.3) is 5.91 Å². The SMILES string of the molecule is O=C(N[C@H](C/C=C/c1ccccc1)C(=O)O)c1cc(C(F)(F)F)cc(C(F)(F)F)c1. The minimum atomic E-state index is -5.12. The van der Waals surface area contributed by atoms with Gasteiger partial charge in [0.2, 0.25) is 0 Å². The van der Waals surface area contributed by atoms with Gasteiger partial charge in [-0.3, -0.25) is 4.79 Å². The number of amides is 1. The summed E-state index contributed by atoms with van der Waals surface area (Å²) >= 11 is 0. The van der Waals surface area contributed by atoms with Crippen molar-refractivity contribution in [3.05, 3.63) is 76.9 Å². The highest BCUT2D eigenvalue weighted by Gasteiger charge is 2.37. The lowest BCUT2D eigenvalue weighted by atomic mass is 10.0. The fourth-order valence-electron chi connectivity index (χ4n) is 2.45.